The number of nitrogens with two attached hydrogens (primary N) is 1. The molecule has 0 amide bonds. The molecule has 1 rings (SSSR count). The van der Waals surface area contributed by atoms with E-state index in [9.17, 15) is 4.79 Å². The number of aliphatic carboxylic acids is 1. The van der Waals surface area contributed by atoms with Gasteiger partial charge in [-0.25, -0.2) is 0 Å². The minimum absolute atomic E-state index is 0.138. The summed E-state index contributed by atoms with van der Waals surface area (Å²) in [5.74, 6) is -0.730. The molecule has 0 aliphatic carbocycles. The highest BCUT2D eigenvalue weighted by atomic mass is 16.4. The number of likely N-dealkylation sites (tertiary alicyclic amines) is 1. The van der Waals surface area contributed by atoms with Crippen LogP contribution in [0.1, 0.15) is 19.3 Å². The fraction of sp³-hybridized carbons (Fsp3) is 0.875. The van der Waals surface area contributed by atoms with Gasteiger partial charge >= 0.3 is 5.97 Å². The number of hydrogen-bond acceptors (Lipinski definition) is 3. The van der Waals surface area contributed by atoms with Gasteiger partial charge in [-0.2, -0.15) is 0 Å². The molecule has 1 heterocycles. The molecular formula is C8H16N2O2. The molecule has 0 aromatic heterocycles. The van der Waals surface area contributed by atoms with Gasteiger partial charge in [-0.3, -0.25) is 9.69 Å². The Hall–Kier alpha value is -0.610. The normalized spacial score (nSPS) is 32.8. The van der Waals surface area contributed by atoms with Crippen LogP contribution in [0.15, 0.2) is 0 Å². The highest BCUT2D eigenvalue weighted by Crippen LogP contribution is 2.14. The Balaban J connectivity index is 2.57. The third-order valence-corrected chi connectivity index (χ3v) is 2.39. The van der Waals surface area contributed by atoms with Gasteiger partial charge in [0.2, 0.25) is 0 Å². The van der Waals surface area contributed by atoms with Crippen molar-refractivity contribution >= 4 is 5.97 Å². The number of carbonyl (C=O) groups is 1. The zero-order valence-electron chi connectivity index (χ0n) is 7.36. The van der Waals surface area contributed by atoms with Gasteiger partial charge in [0.15, 0.2) is 0 Å². The number of nitrogens with zero attached hydrogens (tertiary/aromatic N) is 1. The van der Waals surface area contributed by atoms with Crippen molar-refractivity contribution in [2.75, 3.05) is 13.6 Å². The van der Waals surface area contributed by atoms with Crippen LogP contribution in [0.25, 0.3) is 0 Å². The Morgan fingerprint density at radius 1 is 1.58 bits per heavy atom. The van der Waals surface area contributed by atoms with Crippen LogP contribution in [0.3, 0.4) is 0 Å². The number of carboxylic acid groups (broad SMARTS) is 1. The topological polar surface area (TPSA) is 66.6 Å². The standard InChI is InChI=1S/C8H16N2O2/c1-10-5-6(9)3-2-4-7(10)8(11)12/h6-7H,2-5,9H2,1H3,(H,11,12). The largest absolute Gasteiger partial charge is 0.480 e. The quantitative estimate of drug-likeness (QED) is 0.579. The second kappa shape index (κ2) is 3.87. The number of rotatable bonds is 1. The summed E-state index contributed by atoms with van der Waals surface area (Å²) in [6.07, 6.45) is 2.58. The van der Waals surface area contributed by atoms with Crippen LogP contribution in [-0.2, 0) is 4.79 Å². The maximum absolute atomic E-state index is 10.7. The van der Waals surface area contributed by atoms with Gasteiger partial charge in [0.25, 0.3) is 0 Å². The average molecular weight is 172 g/mol. The lowest BCUT2D eigenvalue weighted by atomic mass is 10.1. The number of likely N-dealkylation sites (N-methyl/N-ethyl adjacent to an activating group) is 1. The molecule has 1 aliphatic rings. The van der Waals surface area contributed by atoms with Crippen LogP contribution in [0.4, 0.5) is 0 Å². The second-order valence-corrected chi connectivity index (χ2v) is 3.48. The van der Waals surface area contributed by atoms with E-state index in [0.717, 1.165) is 19.3 Å². The predicted octanol–water partition coefficient (Wildman–Crippen LogP) is -0.117. The predicted molar refractivity (Wildman–Crippen MR) is 45.9 cm³/mol. The third-order valence-electron chi connectivity index (χ3n) is 2.39. The SMILES string of the molecule is CN1CC(N)CCCC1C(=O)O. The van der Waals surface area contributed by atoms with Gasteiger partial charge in [-0.1, -0.05) is 0 Å². The van der Waals surface area contributed by atoms with Crippen LogP contribution >= 0.6 is 0 Å². The van der Waals surface area contributed by atoms with E-state index < -0.39 is 5.97 Å². The van der Waals surface area contributed by atoms with Crippen molar-refractivity contribution in [1.82, 2.24) is 4.90 Å². The molecule has 0 radical (unpaired) electrons. The first kappa shape index (κ1) is 9.48. The third kappa shape index (κ3) is 2.19. The summed E-state index contributed by atoms with van der Waals surface area (Å²) in [6, 6.07) is -0.196. The molecule has 0 saturated carbocycles. The highest BCUT2D eigenvalue weighted by Gasteiger charge is 2.26. The van der Waals surface area contributed by atoms with Crippen molar-refractivity contribution in [3.05, 3.63) is 0 Å². The van der Waals surface area contributed by atoms with Gasteiger partial charge in [0.1, 0.15) is 6.04 Å². The molecule has 4 nitrogen and oxygen atoms in total. The van der Waals surface area contributed by atoms with Crippen LogP contribution < -0.4 is 5.73 Å². The van der Waals surface area contributed by atoms with Crippen LogP contribution in [-0.4, -0.2) is 41.7 Å². The molecule has 4 heteroatoms. The molecule has 0 bridgehead atoms. The Labute approximate surface area is 72.3 Å². The first-order valence-electron chi connectivity index (χ1n) is 4.30. The molecule has 1 aliphatic heterocycles. The molecule has 0 spiro atoms. The average Bonchev–Trinajstić information content (AvgIpc) is 2.10. The molecule has 1 fully saturated rings. The maximum Gasteiger partial charge on any atom is 0.320 e. The molecular weight excluding hydrogens is 156 g/mol. The van der Waals surface area contributed by atoms with Crippen LogP contribution in [0.5, 0.6) is 0 Å². The van der Waals surface area contributed by atoms with Gasteiger partial charge in [-0.15, -0.1) is 0 Å². The molecule has 12 heavy (non-hydrogen) atoms. The molecule has 70 valence electrons. The summed E-state index contributed by atoms with van der Waals surface area (Å²) in [7, 11) is 1.82. The van der Waals surface area contributed by atoms with E-state index >= 15 is 0 Å². The molecule has 0 aromatic rings. The lowest BCUT2D eigenvalue weighted by molar-refractivity contribution is -0.142. The minimum Gasteiger partial charge on any atom is -0.480 e. The Bertz CT molecular complexity index is 172. The van der Waals surface area contributed by atoms with E-state index in [2.05, 4.69) is 0 Å². The van der Waals surface area contributed by atoms with Crippen molar-refractivity contribution in [1.29, 1.82) is 0 Å². The van der Waals surface area contributed by atoms with Crippen molar-refractivity contribution in [3.8, 4) is 0 Å². The first-order chi connectivity index (χ1) is 5.61. The summed E-state index contributed by atoms with van der Waals surface area (Å²) in [5, 5.41) is 8.84. The second-order valence-electron chi connectivity index (χ2n) is 3.48. The van der Waals surface area contributed by atoms with E-state index in [-0.39, 0.29) is 12.1 Å². The van der Waals surface area contributed by atoms with Crippen molar-refractivity contribution < 1.29 is 9.90 Å². The van der Waals surface area contributed by atoms with Crippen molar-refractivity contribution in [2.45, 2.75) is 31.3 Å². The van der Waals surface area contributed by atoms with Crippen molar-refractivity contribution in [3.63, 3.8) is 0 Å². The molecule has 2 atom stereocenters. The van der Waals surface area contributed by atoms with E-state index in [0.29, 0.717) is 6.54 Å². The molecule has 3 N–H and O–H groups in total. The Morgan fingerprint density at radius 3 is 2.83 bits per heavy atom. The van der Waals surface area contributed by atoms with Gasteiger partial charge < -0.3 is 10.8 Å². The molecule has 1 saturated heterocycles. The fourth-order valence-electron chi connectivity index (χ4n) is 1.69. The summed E-state index contributed by atoms with van der Waals surface area (Å²) < 4.78 is 0. The Kier molecular flexibility index (Phi) is 3.05. The number of hydrogen-bond donors (Lipinski definition) is 2. The van der Waals surface area contributed by atoms with E-state index in [1.165, 1.54) is 0 Å². The zero-order valence-corrected chi connectivity index (χ0v) is 7.36. The lowest BCUT2D eigenvalue weighted by Gasteiger charge is -2.22. The van der Waals surface area contributed by atoms with E-state index in [1.54, 1.807) is 0 Å². The monoisotopic (exact) mass is 172 g/mol. The van der Waals surface area contributed by atoms with Crippen LogP contribution in [0.2, 0.25) is 0 Å². The van der Waals surface area contributed by atoms with Gasteiger partial charge in [0.05, 0.1) is 0 Å². The number of carboxylic acids is 1. The van der Waals surface area contributed by atoms with Crippen molar-refractivity contribution in [2.24, 2.45) is 5.73 Å². The summed E-state index contributed by atoms with van der Waals surface area (Å²) in [6.45, 7) is 0.691. The lowest BCUT2D eigenvalue weighted by Crippen LogP contribution is -2.42. The van der Waals surface area contributed by atoms with Gasteiger partial charge in [0, 0.05) is 12.6 Å². The zero-order chi connectivity index (χ0) is 9.14. The maximum atomic E-state index is 10.7. The first-order valence-corrected chi connectivity index (χ1v) is 4.30. The minimum atomic E-state index is -0.730. The summed E-state index contributed by atoms with van der Waals surface area (Å²) >= 11 is 0. The Morgan fingerprint density at radius 2 is 2.25 bits per heavy atom. The molecule has 0 aromatic carbocycles. The smallest absolute Gasteiger partial charge is 0.320 e. The van der Waals surface area contributed by atoms with Crippen LogP contribution in [0, 0.1) is 0 Å². The van der Waals surface area contributed by atoms with E-state index in [1.807, 2.05) is 11.9 Å². The van der Waals surface area contributed by atoms with E-state index in [4.69, 9.17) is 10.8 Å². The van der Waals surface area contributed by atoms with Gasteiger partial charge in [-0.05, 0) is 26.3 Å². The summed E-state index contributed by atoms with van der Waals surface area (Å²) in [4.78, 5) is 12.6. The molecule has 2 unspecified atom stereocenters. The summed E-state index contributed by atoms with van der Waals surface area (Å²) in [5.41, 5.74) is 5.75. The fourth-order valence-corrected chi connectivity index (χ4v) is 1.69. The highest BCUT2D eigenvalue weighted by molar-refractivity contribution is 5.73.